The van der Waals surface area contributed by atoms with Crippen molar-refractivity contribution in [3.8, 4) is 11.1 Å². The minimum atomic E-state index is -0.595. The van der Waals surface area contributed by atoms with Crippen molar-refractivity contribution < 1.29 is 19.1 Å². The molecule has 0 bridgehead atoms. The Morgan fingerprint density at radius 3 is 2.12 bits per heavy atom. The number of benzene rings is 2. The fourth-order valence-corrected chi connectivity index (χ4v) is 3.36. The molecule has 3 aromatic rings. The molecule has 1 aromatic heterocycles. The average Bonchev–Trinajstić information content (AvgIpc) is 3.11. The van der Waals surface area contributed by atoms with E-state index in [0.29, 0.717) is 12.4 Å². The lowest BCUT2D eigenvalue weighted by Gasteiger charge is -2.21. The number of hydrogen-bond donors (Lipinski definition) is 3. The zero-order chi connectivity index (χ0) is 25.1. The standard InChI is InChI=1S/C26H34N4O4/c1-16(15-27-23(31)33-25(2,3)4)17-8-10-18(11-9-17)19-12-13-21-20(14-19)22(30-29-21)28-24(32)34-26(5,6)7/h8-14,16H,15H2,1-7H3,(H,27,31)(H2,28,29,30,32). The van der Waals surface area contributed by atoms with E-state index in [1.165, 1.54) is 0 Å². The number of ether oxygens (including phenoxy) is 2. The number of amides is 2. The van der Waals surface area contributed by atoms with Gasteiger partial charge in [-0.25, -0.2) is 9.59 Å². The summed E-state index contributed by atoms with van der Waals surface area (Å²) in [6, 6.07) is 14.1. The van der Waals surface area contributed by atoms with Crippen LogP contribution in [0.25, 0.3) is 22.0 Å². The Balaban J connectivity index is 1.70. The monoisotopic (exact) mass is 466 g/mol. The van der Waals surface area contributed by atoms with Gasteiger partial charge in [-0.05, 0) is 76.3 Å². The molecule has 2 aromatic carbocycles. The maximum atomic E-state index is 12.2. The number of aromatic nitrogens is 2. The van der Waals surface area contributed by atoms with Crippen LogP contribution in [0.15, 0.2) is 42.5 Å². The molecule has 2 amide bonds. The van der Waals surface area contributed by atoms with Gasteiger partial charge in [0.05, 0.1) is 5.52 Å². The van der Waals surface area contributed by atoms with Crippen LogP contribution in [0.3, 0.4) is 0 Å². The predicted molar refractivity (Wildman–Crippen MR) is 134 cm³/mol. The maximum Gasteiger partial charge on any atom is 0.413 e. The maximum absolute atomic E-state index is 12.2. The first kappa shape index (κ1) is 25.1. The summed E-state index contributed by atoms with van der Waals surface area (Å²) in [5.41, 5.74) is 2.83. The van der Waals surface area contributed by atoms with Crippen LogP contribution in [-0.2, 0) is 9.47 Å². The van der Waals surface area contributed by atoms with Crippen LogP contribution in [0, 0.1) is 0 Å². The average molecular weight is 467 g/mol. The molecule has 1 unspecified atom stereocenters. The van der Waals surface area contributed by atoms with Crippen molar-refractivity contribution in [3.05, 3.63) is 48.0 Å². The van der Waals surface area contributed by atoms with E-state index in [1.807, 2.05) is 71.9 Å². The molecular formula is C26H34N4O4. The molecule has 0 radical (unpaired) electrons. The van der Waals surface area contributed by atoms with Crippen LogP contribution >= 0.6 is 0 Å². The molecule has 34 heavy (non-hydrogen) atoms. The molecule has 182 valence electrons. The molecular weight excluding hydrogens is 432 g/mol. The molecule has 1 atom stereocenters. The number of nitrogens with zero attached hydrogens (tertiary/aromatic N) is 1. The first-order valence-electron chi connectivity index (χ1n) is 11.4. The predicted octanol–water partition coefficient (Wildman–Crippen LogP) is 6.21. The topological polar surface area (TPSA) is 105 Å². The molecule has 0 aliphatic carbocycles. The van der Waals surface area contributed by atoms with Crippen LogP contribution in [0.5, 0.6) is 0 Å². The second kappa shape index (κ2) is 9.75. The van der Waals surface area contributed by atoms with Gasteiger partial charge < -0.3 is 14.8 Å². The Morgan fingerprint density at radius 2 is 1.50 bits per heavy atom. The second-order valence-electron chi connectivity index (χ2n) is 10.4. The Bertz CT molecular complexity index is 1150. The number of aromatic amines is 1. The lowest BCUT2D eigenvalue weighted by Crippen LogP contribution is -2.34. The third kappa shape index (κ3) is 6.97. The second-order valence-corrected chi connectivity index (χ2v) is 10.4. The summed E-state index contributed by atoms with van der Waals surface area (Å²) in [7, 11) is 0. The van der Waals surface area contributed by atoms with Crippen molar-refractivity contribution >= 4 is 28.9 Å². The minimum absolute atomic E-state index is 0.127. The van der Waals surface area contributed by atoms with Crippen LogP contribution in [0.1, 0.15) is 59.9 Å². The quantitative estimate of drug-likeness (QED) is 0.415. The van der Waals surface area contributed by atoms with E-state index in [4.69, 9.17) is 9.47 Å². The van der Waals surface area contributed by atoms with Gasteiger partial charge in [-0.15, -0.1) is 0 Å². The van der Waals surface area contributed by atoms with Gasteiger partial charge in [-0.1, -0.05) is 37.3 Å². The van der Waals surface area contributed by atoms with E-state index < -0.39 is 23.4 Å². The molecule has 0 aliphatic heterocycles. The van der Waals surface area contributed by atoms with Crippen molar-refractivity contribution in [2.75, 3.05) is 11.9 Å². The van der Waals surface area contributed by atoms with Crippen LogP contribution < -0.4 is 10.6 Å². The van der Waals surface area contributed by atoms with E-state index in [0.717, 1.165) is 27.6 Å². The third-order valence-electron chi connectivity index (χ3n) is 4.95. The molecule has 3 N–H and O–H groups in total. The largest absolute Gasteiger partial charge is 0.444 e. The Hall–Kier alpha value is -3.55. The summed E-state index contributed by atoms with van der Waals surface area (Å²) in [5, 5.41) is 13.5. The highest BCUT2D eigenvalue weighted by atomic mass is 16.6. The molecule has 0 fully saturated rings. The van der Waals surface area contributed by atoms with Gasteiger partial charge in [-0.2, -0.15) is 5.10 Å². The van der Waals surface area contributed by atoms with Crippen LogP contribution in [-0.4, -0.2) is 40.1 Å². The molecule has 0 spiro atoms. The van der Waals surface area contributed by atoms with Crippen LogP contribution in [0.2, 0.25) is 0 Å². The van der Waals surface area contributed by atoms with E-state index in [9.17, 15) is 9.59 Å². The van der Waals surface area contributed by atoms with E-state index in [1.54, 1.807) is 0 Å². The number of H-pyrrole nitrogens is 1. The van der Waals surface area contributed by atoms with E-state index >= 15 is 0 Å². The summed E-state index contributed by atoms with van der Waals surface area (Å²) in [6.45, 7) is 13.5. The SMILES string of the molecule is CC(CNC(=O)OC(C)(C)C)c1ccc(-c2ccc3[nH]nc(NC(=O)OC(C)(C)C)c3c2)cc1. The van der Waals surface area contributed by atoms with Gasteiger partial charge in [0.25, 0.3) is 0 Å². The van der Waals surface area contributed by atoms with Gasteiger partial charge in [0, 0.05) is 11.9 Å². The molecule has 1 heterocycles. The molecule has 0 saturated carbocycles. The summed E-state index contributed by atoms with van der Waals surface area (Å²) >= 11 is 0. The number of hydrogen-bond acceptors (Lipinski definition) is 5. The van der Waals surface area contributed by atoms with E-state index in [-0.39, 0.29) is 5.92 Å². The third-order valence-corrected chi connectivity index (χ3v) is 4.95. The fourth-order valence-electron chi connectivity index (χ4n) is 3.36. The van der Waals surface area contributed by atoms with Crippen molar-refractivity contribution in [1.29, 1.82) is 0 Å². The summed E-state index contributed by atoms with van der Waals surface area (Å²) < 4.78 is 10.6. The highest BCUT2D eigenvalue weighted by Gasteiger charge is 2.19. The molecule has 8 nitrogen and oxygen atoms in total. The molecule has 0 saturated heterocycles. The number of carbonyl (C=O) groups excluding carboxylic acids is 2. The van der Waals surface area contributed by atoms with Gasteiger partial charge in [0.15, 0.2) is 5.82 Å². The van der Waals surface area contributed by atoms with Crippen molar-refractivity contribution in [3.63, 3.8) is 0 Å². The number of rotatable bonds is 5. The zero-order valence-corrected chi connectivity index (χ0v) is 20.9. The Kier molecular flexibility index (Phi) is 7.19. The van der Waals surface area contributed by atoms with Gasteiger partial charge in [0.2, 0.25) is 0 Å². The van der Waals surface area contributed by atoms with Crippen molar-refractivity contribution in [2.45, 2.75) is 65.6 Å². The number of carbonyl (C=O) groups is 2. The van der Waals surface area contributed by atoms with Gasteiger partial charge >= 0.3 is 12.2 Å². The van der Waals surface area contributed by atoms with Crippen LogP contribution in [0.4, 0.5) is 15.4 Å². The fraction of sp³-hybridized carbons (Fsp3) is 0.423. The van der Waals surface area contributed by atoms with Gasteiger partial charge in [0.1, 0.15) is 11.2 Å². The number of fused-ring (bicyclic) bond motifs is 1. The van der Waals surface area contributed by atoms with Gasteiger partial charge in [-0.3, -0.25) is 10.4 Å². The summed E-state index contributed by atoms with van der Waals surface area (Å²) in [5.74, 6) is 0.548. The minimum Gasteiger partial charge on any atom is -0.444 e. The number of anilines is 1. The normalized spacial score (nSPS) is 12.8. The molecule has 0 aliphatic rings. The lowest BCUT2D eigenvalue weighted by molar-refractivity contribution is 0.0524. The molecule has 3 rings (SSSR count). The first-order chi connectivity index (χ1) is 15.8. The number of alkyl carbamates (subject to hydrolysis) is 1. The summed E-state index contributed by atoms with van der Waals surface area (Å²) in [4.78, 5) is 24.1. The summed E-state index contributed by atoms with van der Waals surface area (Å²) in [6.07, 6.45) is -0.968. The Labute approximate surface area is 200 Å². The van der Waals surface area contributed by atoms with E-state index in [2.05, 4.69) is 39.9 Å². The zero-order valence-electron chi connectivity index (χ0n) is 20.9. The first-order valence-corrected chi connectivity index (χ1v) is 11.4. The highest BCUT2D eigenvalue weighted by Crippen LogP contribution is 2.29. The lowest BCUT2D eigenvalue weighted by atomic mass is 9.97. The molecule has 8 heteroatoms. The Morgan fingerprint density at radius 1 is 0.912 bits per heavy atom. The van der Waals surface area contributed by atoms with Crippen molar-refractivity contribution in [1.82, 2.24) is 15.5 Å². The van der Waals surface area contributed by atoms with Crippen molar-refractivity contribution in [2.24, 2.45) is 0 Å². The number of nitrogens with one attached hydrogen (secondary N) is 3. The smallest absolute Gasteiger partial charge is 0.413 e. The highest BCUT2D eigenvalue weighted by molar-refractivity contribution is 5.99.